The van der Waals surface area contributed by atoms with Gasteiger partial charge in [-0.25, -0.2) is 0 Å². The van der Waals surface area contributed by atoms with Crippen molar-refractivity contribution in [3.63, 3.8) is 0 Å². The molecular weight excluding hydrogens is 156 g/mol. The average Bonchev–Trinajstić information content (AvgIpc) is 1.69. The van der Waals surface area contributed by atoms with Crippen molar-refractivity contribution < 1.29 is 4.74 Å². The number of halogens is 1. The van der Waals surface area contributed by atoms with Gasteiger partial charge in [0.2, 0.25) is 0 Å². The van der Waals surface area contributed by atoms with Gasteiger partial charge in [0.25, 0.3) is 0 Å². The van der Waals surface area contributed by atoms with Gasteiger partial charge in [-0.05, 0) is 6.42 Å². The van der Waals surface area contributed by atoms with Gasteiger partial charge in [-0.15, -0.1) is 0 Å². The lowest BCUT2D eigenvalue weighted by molar-refractivity contribution is 0.155. The minimum atomic E-state index is 0.783. The molecule has 0 aromatic heterocycles. The summed E-state index contributed by atoms with van der Waals surface area (Å²) in [5.74, 6) is 0. The Morgan fingerprint density at radius 1 is 1.43 bits per heavy atom. The molecule has 0 heterocycles. The molecule has 7 heavy (non-hydrogen) atoms. The van der Waals surface area contributed by atoms with Crippen LogP contribution in [0.15, 0.2) is 0 Å². The van der Waals surface area contributed by atoms with Crippen molar-refractivity contribution in [2.24, 2.45) is 0 Å². The van der Waals surface area contributed by atoms with Crippen LogP contribution in [0.2, 0.25) is 0 Å². The highest BCUT2D eigenvalue weighted by Gasteiger charge is 1.79. The summed E-state index contributed by atoms with van der Waals surface area (Å²) in [6.07, 6.45) is 0.868. The molecule has 0 saturated heterocycles. The third-order valence-corrected chi connectivity index (χ3v) is 0.834. The molecule has 1 nitrogen and oxygen atoms in total. The van der Waals surface area contributed by atoms with E-state index in [0.717, 1.165) is 25.0 Å². The van der Waals surface area contributed by atoms with Crippen molar-refractivity contribution in [1.29, 1.82) is 0 Å². The van der Waals surface area contributed by atoms with Gasteiger partial charge < -0.3 is 4.74 Å². The van der Waals surface area contributed by atoms with Crippen LogP contribution in [0.5, 0.6) is 0 Å². The first-order valence-corrected chi connectivity index (χ1v) is 3.47. The first kappa shape index (κ1) is 7.44. The average molecular weight is 166 g/mol. The van der Waals surface area contributed by atoms with Gasteiger partial charge >= 0.3 is 0 Å². The summed E-state index contributed by atoms with van der Waals surface area (Å²) in [7, 11) is 0. The number of alkyl halides is 1. The number of hydrogen-bond donors (Lipinski definition) is 0. The smallest absolute Gasteiger partial charge is 0.0563 e. The van der Waals surface area contributed by atoms with Gasteiger partial charge in [-0.3, -0.25) is 0 Å². The molecule has 0 unspecified atom stereocenters. The van der Waals surface area contributed by atoms with E-state index in [-0.39, 0.29) is 0 Å². The Kier molecular flexibility index (Phi) is 6.84. The summed E-state index contributed by atoms with van der Waals surface area (Å²) in [5, 5.41) is 0.924. The maximum absolute atomic E-state index is 5.02. The lowest BCUT2D eigenvalue weighted by atomic mass is 10.5. The molecule has 0 aliphatic rings. The second kappa shape index (κ2) is 6.44. The molecule has 0 fully saturated rings. The summed E-state index contributed by atoms with van der Waals surface area (Å²) >= 11 is 3.23. The minimum absolute atomic E-state index is 0.783. The van der Waals surface area contributed by atoms with Crippen molar-refractivity contribution in [1.82, 2.24) is 0 Å². The fraction of sp³-hybridized carbons (Fsp3) is 0.800. The van der Waals surface area contributed by atoms with E-state index in [0.29, 0.717) is 0 Å². The van der Waals surface area contributed by atoms with Gasteiger partial charge in [-0.2, -0.15) is 0 Å². The van der Waals surface area contributed by atoms with E-state index in [1.165, 1.54) is 0 Å². The molecule has 0 atom stereocenters. The van der Waals surface area contributed by atoms with E-state index in [9.17, 15) is 0 Å². The maximum atomic E-state index is 5.02. The molecule has 0 spiro atoms. The molecule has 0 rings (SSSR count). The van der Waals surface area contributed by atoms with Gasteiger partial charge in [-0.1, -0.05) is 22.9 Å². The fourth-order valence-corrected chi connectivity index (χ4v) is 0.488. The van der Waals surface area contributed by atoms with Crippen LogP contribution in [0.4, 0.5) is 0 Å². The first-order valence-electron chi connectivity index (χ1n) is 2.34. The zero-order valence-corrected chi connectivity index (χ0v) is 5.91. The summed E-state index contributed by atoms with van der Waals surface area (Å²) in [4.78, 5) is 0. The van der Waals surface area contributed by atoms with Crippen LogP contribution in [0.25, 0.3) is 0 Å². The zero-order chi connectivity index (χ0) is 5.54. The molecule has 0 aromatic rings. The largest absolute Gasteiger partial charge is 0.381 e. The van der Waals surface area contributed by atoms with Crippen LogP contribution in [-0.4, -0.2) is 18.5 Å². The summed E-state index contributed by atoms with van der Waals surface area (Å²) < 4.78 is 5.02. The van der Waals surface area contributed by atoms with E-state index < -0.39 is 0 Å². The molecule has 0 aromatic carbocycles. The quantitative estimate of drug-likeness (QED) is 0.455. The van der Waals surface area contributed by atoms with Gasteiger partial charge in [0.1, 0.15) is 0 Å². The van der Waals surface area contributed by atoms with E-state index in [1.54, 1.807) is 0 Å². The Morgan fingerprint density at radius 3 is 2.57 bits per heavy atom. The van der Waals surface area contributed by atoms with Crippen molar-refractivity contribution in [3.05, 3.63) is 6.92 Å². The molecule has 0 aliphatic heterocycles. The van der Waals surface area contributed by atoms with Crippen LogP contribution in [0.3, 0.4) is 0 Å². The fourth-order valence-electron chi connectivity index (χ4n) is 0.259. The van der Waals surface area contributed by atoms with Crippen LogP contribution in [0.1, 0.15) is 6.42 Å². The second-order valence-electron chi connectivity index (χ2n) is 1.15. The van der Waals surface area contributed by atoms with E-state index in [1.807, 2.05) is 0 Å². The Bertz CT molecular complexity index is 27.3. The predicted molar refractivity (Wildman–Crippen MR) is 34.6 cm³/mol. The maximum Gasteiger partial charge on any atom is 0.0563 e. The zero-order valence-electron chi connectivity index (χ0n) is 4.32. The minimum Gasteiger partial charge on any atom is -0.381 e. The van der Waals surface area contributed by atoms with E-state index >= 15 is 0 Å². The van der Waals surface area contributed by atoms with Crippen LogP contribution in [-0.2, 0) is 4.74 Å². The molecule has 2 heteroatoms. The Balaban J connectivity index is 2.45. The van der Waals surface area contributed by atoms with Crippen LogP contribution in [0, 0.1) is 6.92 Å². The normalized spacial score (nSPS) is 9.43. The Hall–Kier alpha value is 0.440. The number of ether oxygens (including phenoxy) is 1. The molecular formula is C5H10BrO. The summed E-state index contributed by atoms with van der Waals surface area (Å²) in [5.41, 5.74) is 0. The summed E-state index contributed by atoms with van der Waals surface area (Å²) in [6, 6.07) is 0. The second-order valence-corrected chi connectivity index (χ2v) is 1.95. The monoisotopic (exact) mass is 165 g/mol. The van der Waals surface area contributed by atoms with E-state index in [2.05, 4.69) is 22.9 Å². The predicted octanol–water partition coefficient (Wildman–Crippen LogP) is 1.62. The van der Waals surface area contributed by atoms with Crippen molar-refractivity contribution in [3.8, 4) is 0 Å². The lowest BCUT2D eigenvalue weighted by Crippen LogP contribution is -1.94. The van der Waals surface area contributed by atoms with E-state index in [4.69, 9.17) is 4.74 Å². The molecule has 0 amide bonds. The van der Waals surface area contributed by atoms with Gasteiger partial charge in [0.05, 0.1) is 6.61 Å². The summed E-state index contributed by atoms with van der Waals surface area (Å²) in [6.45, 7) is 5.20. The lowest BCUT2D eigenvalue weighted by Gasteiger charge is -1.94. The van der Waals surface area contributed by atoms with Crippen molar-refractivity contribution >= 4 is 15.9 Å². The van der Waals surface area contributed by atoms with Crippen molar-refractivity contribution in [2.45, 2.75) is 6.42 Å². The topological polar surface area (TPSA) is 9.23 Å². The molecule has 0 bridgehead atoms. The highest BCUT2D eigenvalue weighted by molar-refractivity contribution is 9.09. The molecule has 0 aliphatic carbocycles. The Labute approximate surface area is 53.2 Å². The number of rotatable bonds is 4. The Morgan fingerprint density at radius 2 is 2.14 bits per heavy atom. The molecule has 0 saturated carbocycles. The third-order valence-electron chi connectivity index (χ3n) is 0.510. The molecule has 1 radical (unpaired) electrons. The standard InChI is InChI=1S/C5H10BrO/c1-2-4-7-5-3-6/h1-5H2. The molecule has 43 valence electrons. The SMILES string of the molecule is [CH2]CCOCCBr. The third kappa shape index (κ3) is 6.44. The molecule has 0 N–H and O–H groups in total. The van der Waals surface area contributed by atoms with Crippen LogP contribution >= 0.6 is 15.9 Å². The van der Waals surface area contributed by atoms with Gasteiger partial charge in [0, 0.05) is 11.9 Å². The highest BCUT2D eigenvalue weighted by Crippen LogP contribution is 1.82. The number of hydrogen-bond acceptors (Lipinski definition) is 1. The van der Waals surface area contributed by atoms with Crippen LogP contribution < -0.4 is 0 Å². The van der Waals surface area contributed by atoms with Gasteiger partial charge in [0.15, 0.2) is 0 Å². The highest BCUT2D eigenvalue weighted by atomic mass is 79.9. The van der Waals surface area contributed by atoms with Crippen molar-refractivity contribution in [2.75, 3.05) is 18.5 Å². The first-order chi connectivity index (χ1) is 3.41.